The van der Waals surface area contributed by atoms with E-state index in [1.165, 1.54) is 16.4 Å². The Labute approximate surface area is 396 Å². The van der Waals surface area contributed by atoms with Crippen LogP contribution < -0.4 is 21.3 Å². The summed E-state index contributed by atoms with van der Waals surface area (Å²) in [5.41, 5.74) is 16.7. The van der Waals surface area contributed by atoms with Crippen molar-refractivity contribution >= 4 is 72.9 Å². The van der Waals surface area contributed by atoms with Crippen molar-refractivity contribution in [1.82, 2.24) is 0 Å². The topological polar surface area (TPSA) is 36.6 Å². The van der Waals surface area contributed by atoms with Crippen molar-refractivity contribution in [1.29, 1.82) is 0 Å². The lowest BCUT2D eigenvalue weighted by molar-refractivity contribution is 0.477. The van der Waals surface area contributed by atoms with E-state index >= 15 is 0 Å². The van der Waals surface area contributed by atoms with Crippen LogP contribution in [0.2, 0.25) is 0 Å². The van der Waals surface area contributed by atoms with Crippen molar-refractivity contribution < 1.29 is 9.52 Å². The van der Waals surface area contributed by atoms with Crippen LogP contribution in [-0.4, -0.2) is 11.8 Å². The van der Waals surface area contributed by atoms with E-state index in [4.69, 9.17) is 4.42 Å². The largest absolute Gasteiger partial charge is 0.507 e. The summed E-state index contributed by atoms with van der Waals surface area (Å²) in [7, 11) is 0. The molecule has 0 fully saturated rings. The predicted molar refractivity (Wildman–Crippen MR) is 287 cm³/mol. The summed E-state index contributed by atoms with van der Waals surface area (Å²) in [5, 5.41) is 16.2. The molecule has 3 nitrogen and oxygen atoms in total. The van der Waals surface area contributed by atoms with Gasteiger partial charge >= 0.3 is 0 Å². The van der Waals surface area contributed by atoms with Gasteiger partial charge in [-0.15, -0.1) is 0 Å². The molecule has 0 atom stereocenters. The van der Waals surface area contributed by atoms with E-state index in [0.717, 1.165) is 94.3 Å². The molecule has 1 heterocycles. The summed E-state index contributed by atoms with van der Waals surface area (Å²) in [6, 6.07) is 91.6. The van der Waals surface area contributed by atoms with Crippen molar-refractivity contribution in [2.24, 2.45) is 0 Å². The number of nitrogens with zero attached hydrogens (tertiary/aromatic N) is 1. The molecule has 0 aliphatic heterocycles. The molecule has 0 radical (unpaired) electrons. The highest BCUT2D eigenvalue weighted by molar-refractivity contribution is 6.95. The molecular formula is C64H44BNO2. The molecule has 11 aromatic carbocycles. The first-order valence-corrected chi connectivity index (χ1v) is 23.2. The number of rotatable bonds is 10. The number of furan rings is 1. The smallest absolute Gasteiger partial charge is 0.241 e. The van der Waals surface area contributed by atoms with Crippen LogP contribution in [-0.2, 0) is 0 Å². The van der Waals surface area contributed by atoms with Crippen LogP contribution in [0.5, 0.6) is 5.75 Å². The second-order valence-corrected chi connectivity index (χ2v) is 17.3. The summed E-state index contributed by atoms with van der Waals surface area (Å²) in [6.45, 7) is 0.135. The quantitative estimate of drug-likeness (QED) is 0.139. The molecule has 0 aliphatic carbocycles. The Kier molecular flexibility index (Phi) is 10.5. The highest BCUT2D eigenvalue weighted by Gasteiger charge is 2.24. The van der Waals surface area contributed by atoms with Gasteiger partial charge in [0.2, 0.25) is 6.71 Å². The first kappa shape index (κ1) is 40.6. The maximum atomic E-state index is 11.8. The Morgan fingerprint density at radius 3 is 1.53 bits per heavy atom. The molecule has 0 aliphatic rings. The minimum Gasteiger partial charge on any atom is -0.507 e. The van der Waals surface area contributed by atoms with Crippen molar-refractivity contribution in [2.75, 3.05) is 4.90 Å². The maximum Gasteiger partial charge on any atom is 0.241 e. The van der Waals surface area contributed by atoms with E-state index in [0.29, 0.717) is 0 Å². The van der Waals surface area contributed by atoms with Gasteiger partial charge in [0, 0.05) is 27.6 Å². The van der Waals surface area contributed by atoms with Crippen LogP contribution in [0.4, 0.5) is 17.1 Å². The highest BCUT2D eigenvalue weighted by atomic mass is 16.3. The lowest BCUT2D eigenvalue weighted by Crippen LogP contribution is -2.51. The molecule has 1 N–H and O–H groups in total. The number of hydrogen-bond donors (Lipinski definition) is 1. The molecule has 0 amide bonds. The van der Waals surface area contributed by atoms with Gasteiger partial charge in [-0.1, -0.05) is 241 Å². The minimum atomic E-state index is 0.135. The van der Waals surface area contributed by atoms with E-state index in [9.17, 15) is 5.11 Å². The average molecular weight is 870 g/mol. The fourth-order valence-electron chi connectivity index (χ4n) is 10.1. The number of para-hydroxylation sites is 3. The summed E-state index contributed by atoms with van der Waals surface area (Å²) in [6.07, 6.45) is 0. The molecule has 0 spiro atoms. The van der Waals surface area contributed by atoms with Gasteiger partial charge in [-0.2, -0.15) is 0 Å². The molecule has 4 heteroatoms. The van der Waals surface area contributed by atoms with Crippen molar-refractivity contribution in [3.05, 3.63) is 261 Å². The van der Waals surface area contributed by atoms with Crippen LogP contribution in [0, 0.1) is 0 Å². The van der Waals surface area contributed by atoms with E-state index in [1.54, 1.807) is 0 Å². The van der Waals surface area contributed by atoms with Crippen LogP contribution >= 0.6 is 0 Å². The third-order valence-corrected chi connectivity index (χ3v) is 13.3. The standard InChI is InChI=1S/C64H44BNO2/c67-62-43-47(35-40-57(62)56-42-41-52(54-24-10-11-25-55(54)56)46-31-36-50(37-32-46)65(48-19-6-2-7-20-48)49-21-8-3-9-22-49)44-33-38-51(39-34-44)66(60-28-14-12-23-53(60)45-17-4-1-5-18-45)61-29-16-27-59-58-26-13-15-30-63(58)68-64(59)61/h1-43,67H. The zero-order valence-electron chi connectivity index (χ0n) is 37.2. The van der Waals surface area contributed by atoms with Crippen LogP contribution in [0.15, 0.2) is 265 Å². The third-order valence-electron chi connectivity index (χ3n) is 13.3. The van der Waals surface area contributed by atoms with E-state index < -0.39 is 0 Å². The van der Waals surface area contributed by atoms with Gasteiger partial charge < -0.3 is 14.4 Å². The number of phenolic OH excluding ortho intramolecular Hbond substituents is 1. The fourth-order valence-corrected chi connectivity index (χ4v) is 10.1. The zero-order chi connectivity index (χ0) is 45.4. The number of anilines is 3. The summed E-state index contributed by atoms with van der Waals surface area (Å²) >= 11 is 0. The minimum absolute atomic E-state index is 0.135. The van der Waals surface area contributed by atoms with Gasteiger partial charge in [0.25, 0.3) is 0 Å². The SMILES string of the molecule is Oc1cc(-c2ccc(N(c3ccccc3-c3ccccc3)c3cccc4c3oc3ccccc34)cc2)ccc1-c1ccc(-c2ccc(B(c3ccccc3)c3ccccc3)cc2)c2ccccc12. The van der Waals surface area contributed by atoms with Gasteiger partial charge in [-0.3, -0.25) is 0 Å². The van der Waals surface area contributed by atoms with Gasteiger partial charge in [0.1, 0.15) is 11.3 Å². The summed E-state index contributed by atoms with van der Waals surface area (Å²) in [5.74, 6) is 0.233. The van der Waals surface area contributed by atoms with Crippen LogP contribution in [0.25, 0.3) is 77.2 Å². The van der Waals surface area contributed by atoms with Crippen molar-refractivity contribution in [3.8, 4) is 50.3 Å². The summed E-state index contributed by atoms with van der Waals surface area (Å²) in [4.78, 5) is 2.30. The Morgan fingerprint density at radius 2 is 0.824 bits per heavy atom. The molecule has 12 rings (SSSR count). The van der Waals surface area contributed by atoms with E-state index in [-0.39, 0.29) is 12.5 Å². The normalized spacial score (nSPS) is 11.3. The second kappa shape index (κ2) is 17.5. The highest BCUT2D eigenvalue weighted by Crippen LogP contribution is 2.46. The average Bonchev–Trinajstić information content (AvgIpc) is 3.80. The summed E-state index contributed by atoms with van der Waals surface area (Å²) < 4.78 is 6.63. The first-order valence-electron chi connectivity index (χ1n) is 23.2. The molecule has 320 valence electrons. The Morgan fingerprint density at radius 1 is 0.324 bits per heavy atom. The number of phenols is 1. The second-order valence-electron chi connectivity index (χ2n) is 17.3. The van der Waals surface area contributed by atoms with Gasteiger partial charge in [0.05, 0.1) is 11.4 Å². The van der Waals surface area contributed by atoms with Gasteiger partial charge in [-0.05, 0) is 80.6 Å². The van der Waals surface area contributed by atoms with Crippen molar-refractivity contribution in [3.63, 3.8) is 0 Å². The van der Waals surface area contributed by atoms with Crippen LogP contribution in [0.1, 0.15) is 0 Å². The number of aromatic hydroxyl groups is 1. The van der Waals surface area contributed by atoms with Crippen LogP contribution in [0.3, 0.4) is 0 Å². The molecule has 12 aromatic rings. The molecule has 0 saturated heterocycles. The molecule has 1 aromatic heterocycles. The predicted octanol–water partition coefficient (Wildman–Crippen LogP) is 15.1. The number of benzene rings is 11. The Bertz CT molecular complexity index is 3700. The molecular weight excluding hydrogens is 826 g/mol. The number of hydrogen-bond acceptors (Lipinski definition) is 3. The van der Waals surface area contributed by atoms with E-state index in [1.807, 2.05) is 24.3 Å². The van der Waals surface area contributed by atoms with Gasteiger partial charge in [-0.25, -0.2) is 0 Å². The van der Waals surface area contributed by atoms with Crippen molar-refractivity contribution in [2.45, 2.75) is 0 Å². The zero-order valence-corrected chi connectivity index (χ0v) is 37.2. The van der Waals surface area contributed by atoms with Gasteiger partial charge in [0.15, 0.2) is 5.58 Å². The lowest BCUT2D eigenvalue weighted by atomic mass is 9.37. The Balaban J connectivity index is 0.882. The third kappa shape index (κ3) is 7.39. The first-order chi connectivity index (χ1) is 33.7. The fraction of sp³-hybridized carbons (Fsp3) is 0. The Hall–Kier alpha value is -8.86. The van der Waals surface area contributed by atoms with E-state index in [2.05, 4.69) is 241 Å². The molecule has 68 heavy (non-hydrogen) atoms. The monoisotopic (exact) mass is 869 g/mol. The maximum absolute atomic E-state index is 11.8. The number of fused-ring (bicyclic) bond motifs is 4. The molecule has 0 bridgehead atoms. The molecule has 0 unspecified atom stereocenters. The molecule has 0 saturated carbocycles. The lowest BCUT2D eigenvalue weighted by Gasteiger charge is -2.28.